The van der Waals surface area contributed by atoms with Crippen LogP contribution in [-0.2, 0) is 4.79 Å². The molecule has 0 atom stereocenters. The fourth-order valence-electron chi connectivity index (χ4n) is 4.56. The molecule has 1 aliphatic heterocycles. The molecule has 234 valence electrons. The number of allylic oxidation sites excluding steroid dienone is 1. The number of amidine groups is 1. The van der Waals surface area contributed by atoms with Crippen LogP contribution >= 0.6 is 11.8 Å². The van der Waals surface area contributed by atoms with E-state index in [2.05, 4.69) is 25.1 Å². The average Bonchev–Trinajstić information content (AvgIpc) is 3.63. The van der Waals surface area contributed by atoms with Crippen molar-refractivity contribution in [1.29, 1.82) is 5.26 Å². The van der Waals surface area contributed by atoms with Crippen LogP contribution in [0, 0.1) is 18.3 Å². The summed E-state index contributed by atoms with van der Waals surface area (Å²) in [6.07, 6.45) is -1.89. The molecule has 14 heteroatoms. The number of benzene rings is 3. The van der Waals surface area contributed by atoms with Crippen LogP contribution in [0.5, 0.6) is 5.75 Å². The first-order chi connectivity index (χ1) is 21.9. The summed E-state index contributed by atoms with van der Waals surface area (Å²) in [6.45, 7) is 5.97. The monoisotopic (exact) mass is 645 g/mol. The van der Waals surface area contributed by atoms with Crippen LogP contribution < -0.4 is 15.0 Å². The van der Waals surface area contributed by atoms with Crippen LogP contribution in [0.3, 0.4) is 0 Å². The zero-order valence-corrected chi connectivity index (χ0v) is 25.6. The van der Waals surface area contributed by atoms with Gasteiger partial charge in [-0.3, -0.25) is 15.0 Å². The Hall–Kier alpha value is -5.42. The normalized spacial score (nSPS) is 14.6. The number of alkyl halides is 3. The van der Waals surface area contributed by atoms with E-state index < -0.39 is 12.4 Å². The lowest BCUT2D eigenvalue weighted by Gasteiger charge is -2.22. The van der Waals surface area contributed by atoms with Gasteiger partial charge in [-0.1, -0.05) is 62.0 Å². The largest absolute Gasteiger partial charge is 0.573 e. The Morgan fingerprint density at radius 2 is 1.85 bits per heavy atom. The van der Waals surface area contributed by atoms with Crippen molar-refractivity contribution < 1.29 is 27.5 Å². The van der Waals surface area contributed by atoms with Gasteiger partial charge in [0.1, 0.15) is 23.8 Å². The first-order valence-corrected chi connectivity index (χ1v) is 14.8. The molecule has 0 unspecified atom stereocenters. The second-order valence-electron chi connectivity index (χ2n) is 10.4. The summed E-state index contributed by atoms with van der Waals surface area (Å²) in [4.78, 5) is 35.5. The number of carbonyl (C=O) groups excluding carboxylic acids is 2. The summed E-state index contributed by atoms with van der Waals surface area (Å²) in [5.41, 5.74) is 4.26. The number of amides is 3. The van der Waals surface area contributed by atoms with Gasteiger partial charge in [0.05, 0.1) is 17.1 Å². The number of aryl methyl sites for hydroxylation is 1. The fraction of sp³-hybridized carbons (Fsp3) is 0.188. The molecule has 10 nitrogen and oxygen atoms in total. The molecule has 0 saturated carbocycles. The van der Waals surface area contributed by atoms with E-state index in [1.807, 2.05) is 45.0 Å². The topological polar surface area (TPSA) is 126 Å². The Labute approximate surface area is 266 Å². The number of halogens is 3. The lowest BCUT2D eigenvalue weighted by molar-refractivity contribution is -0.274. The smallest absolute Gasteiger partial charge is 0.406 e. The van der Waals surface area contributed by atoms with Crippen molar-refractivity contribution >= 4 is 40.6 Å². The highest BCUT2D eigenvalue weighted by molar-refractivity contribution is 8.15. The van der Waals surface area contributed by atoms with Crippen molar-refractivity contribution in [2.45, 2.75) is 33.1 Å². The van der Waals surface area contributed by atoms with Gasteiger partial charge in [-0.2, -0.15) is 10.3 Å². The molecule has 2 heterocycles. The number of hydrogen-bond acceptors (Lipinski definition) is 7. The summed E-state index contributed by atoms with van der Waals surface area (Å²) in [5, 5.41) is 16.8. The highest BCUT2D eigenvalue weighted by atomic mass is 32.2. The minimum atomic E-state index is -4.78. The lowest BCUT2D eigenvalue weighted by atomic mass is 9.99. The maximum absolute atomic E-state index is 12.8. The first-order valence-electron chi connectivity index (χ1n) is 13.9. The molecule has 1 N–H and O–H groups in total. The number of nitriles is 1. The number of aromatic nitrogens is 3. The van der Waals surface area contributed by atoms with E-state index in [9.17, 15) is 28.0 Å². The zero-order valence-electron chi connectivity index (χ0n) is 24.7. The molecule has 0 radical (unpaired) electrons. The summed E-state index contributed by atoms with van der Waals surface area (Å²) in [5.74, 6) is 0.0996. The number of rotatable bonds is 7. The van der Waals surface area contributed by atoms with Gasteiger partial charge in [0.25, 0.3) is 0 Å². The molecule has 5 rings (SSSR count). The number of carbonyl (C=O) groups is 2. The van der Waals surface area contributed by atoms with E-state index in [1.165, 1.54) is 46.3 Å². The number of aliphatic imine (C=N–C) groups is 1. The number of anilines is 1. The van der Waals surface area contributed by atoms with Gasteiger partial charge in [0, 0.05) is 5.56 Å². The standard InChI is InChI=1S/C32H26F3N7O3S/c1-19(2)26-13-4-20(3)14-27(26)42-28(43)17-46-31(42)39-30(44)38-23(16-36)15-21-5-7-22(8-6-21)29-37-18-41(40-29)24-9-11-25(12-10-24)45-32(33,34)35/h4-15,18-19H,17H2,1-3H3,(H,38,44)/b23-15+,39-31-. The van der Waals surface area contributed by atoms with Crippen LogP contribution in [0.2, 0.25) is 0 Å². The number of ether oxygens (including phenoxy) is 1. The first kappa shape index (κ1) is 32.0. The maximum Gasteiger partial charge on any atom is 0.573 e. The van der Waals surface area contributed by atoms with Crippen molar-refractivity contribution in [3.63, 3.8) is 0 Å². The van der Waals surface area contributed by atoms with Gasteiger partial charge in [-0.25, -0.2) is 14.5 Å². The van der Waals surface area contributed by atoms with Crippen molar-refractivity contribution in [2.75, 3.05) is 10.7 Å². The summed E-state index contributed by atoms with van der Waals surface area (Å²) in [7, 11) is 0. The van der Waals surface area contributed by atoms with Crippen molar-refractivity contribution in [3.05, 3.63) is 95.4 Å². The van der Waals surface area contributed by atoms with E-state index >= 15 is 0 Å². The third kappa shape index (κ3) is 7.62. The van der Waals surface area contributed by atoms with E-state index in [4.69, 9.17) is 0 Å². The average molecular weight is 646 g/mol. The van der Waals surface area contributed by atoms with Gasteiger partial charge < -0.3 is 4.74 Å². The van der Waals surface area contributed by atoms with Gasteiger partial charge in [0.15, 0.2) is 11.0 Å². The predicted molar refractivity (Wildman–Crippen MR) is 168 cm³/mol. The van der Waals surface area contributed by atoms with Gasteiger partial charge >= 0.3 is 12.4 Å². The van der Waals surface area contributed by atoms with Crippen molar-refractivity contribution in [2.24, 2.45) is 4.99 Å². The highest BCUT2D eigenvalue weighted by Crippen LogP contribution is 2.34. The predicted octanol–water partition coefficient (Wildman–Crippen LogP) is 6.97. The molecular weight excluding hydrogens is 619 g/mol. The fourth-order valence-corrected chi connectivity index (χ4v) is 5.42. The molecule has 4 aromatic rings. The number of thioether (sulfide) groups is 1. The molecule has 0 aliphatic carbocycles. The van der Waals surface area contributed by atoms with Crippen LogP contribution in [0.15, 0.2) is 83.7 Å². The molecular formula is C32H26F3N7O3S. The molecule has 0 bridgehead atoms. The number of nitrogens with zero attached hydrogens (tertiary/aromatic N) is 6. The zero-order chi connectivity index (χ0) is 33.0. The second kappa shape index (κ2) is 13.3. The molecule has 46 heavy (non-hydrogen) atoms. The van der Waals surface area contributed by atoms with Crippen molar-refractivity contribution in [1.82, 2.24) is 20.1 Å². The molecule has 1 fully saturated rings. The number of hydrogen-bond donors (Lipinski definition) is 1. The molecule has 3 amide bonds. The summed E-state index contributed by atoms with van der Waals surface area (Å²) < 4.78 is 42.6. The number of urea groups is 1. The molecule has 3 aromatic carbocycles. The Kier molecular flexibility index (Phi) is 9.24. The minimum Gasteiger partial charge on any atom is -0.406 e. The highest BCUT2D eigenvalue weighted by Gasteiger charge is 2.33. The van der Waals surface area contributed by atoms with E-state index in [0.717, 1.165) is 22.9 Å². The minimum absolute atomic E-state index is 0.0539. The van der Waals surface area contributed by atoms with Crippen LogP contribution in [0.25, 0.3) is 23.2 Å². The van der Waals surface area contributed by atoms with Crippen LogP contribution in [0.1, 0.15) is 36.5 Å². The van der Waals surface area contributed by atoms with E-state index in [-0.39, 0.29) is 34.2 Å². The lowest BCUT2D eigenvalue weighted by Crippen LogP contribution is -2.32. The van der Waals surface area contributed by atoms with E-state index in [1.54, 1.807) is 24.3 Å². The maximum atomic E-state index is 12.8. The summed E-state index contributed by atoms with van der Waals surface area (Å²) >= 11 is 1.15. The Morgan fingerprint density at radius 1 is 1.13 bits per heavy atom. The molecule has 1 aromatic heterocycles. The molecule has 1 aliphatic rings. The quantitative estimate of drug-likeness (QED) is 0.215. The Bertz CT molecular complexity index is 1880. The van der Waals surface area contributed by atoms with Gasteiger partial charge in [-0.05, 0) is 65.9 Å². The SMILES string of the molecule is Cc1ccc(C(C)C)c(N2C(=O)CS/C2=N\C(=O)N/C(C#N)=C/c2ccc(-c3ncn(-c4ccc(OC(F)(F)F)cc4)n3)cc2)c1. The van der Waals surface area contributed by atoms with Crippen LogP contribution in [0.4, 0.5) is 23.7 Å². The summed E-state index contributed by atoms with van der Waals surface area (Å²) in [6, 6.07) is 19.0. The molecule has 0 spiro atoms. The Balaban J connectivity index is 1.28. The second-order valence-corrected chi connectivity index (χ2v) is 11.3. The van der Waals surface area contributed by atoms with E-state index in [0.29, 0.717) is 28.3 Å². The third-order valence-corrected chi connectivity index (χ3v) is 7.60. The van der Waals surface area contributed by atoms with Gasteiger partial charge in [-0.15, -0.1) is 18.3 Å². The molecule has 1 saturated heterocycles. The number of nitrogens with one attached hydrogen (secondary N) is 1. The van der Waals surface area contributed by atoms with Crippen molar-refractivity contribution in [3.8, 4) is 28.9 Å². The van der Waals surface area contributed by atoms with Gasteiger partial charge in [0.2, 0.25) is 5.91 Å². The Morgan fingerprint density at radius 3 is 2.50 bits per heavy atom. The van der Waals surface area contributed by atoms with Crippen LogP contribution in [-0.4, -0.2) is 44.0 Å². The third-order valence-electron chi connectivity index (χ3n) is 6.68.